The number of nitrogens with zero attached hydrogens (tertiary/aromatic N) is 3. The van der Waals surface area contributed by atoms with Crippen LogP contribution in [0.3, 0.4) is 0 Å². The molecule has 0 aromatic heterocycles. The normalized spacial score (nSPS) is 22.9. The van der Waals surface area contributed by atoms with Crippen LogP contribution in [0, 0.1) is 12.7 Å². The smallest absolute Gasteiger partial charge is 0.265 e. The van der Waals surface area contributed by atoms with Crippen molar-refractivity contribution >= 4 is 23.2 Å². The third kappa shape index (κ3) is 4.47. The quantitative estimate of drug-likeness (QED) is 0.784. The van der Waals surface area contributed by atoms with Gasteiger partial charge < -0.3 is 4.90 Å². The number of aryl methyl sites for hydroxylation is 1. The van der Waals surface area contributed by atoms with E-state index in [1.54, 1.807) is 18.0 Å². The fraction of sp³-hybridized carbons (Fsp3) is 0.375. The van der Waals surface area contributed by atoms with Crippen molar-refractivity contribution in [3.8, 4) is 0 Å². The molecule has 0 saturated carbocycles. The van der Waals surface area contributed by atoms with Crippen LogP contribution < -0.4 is 5.43 Å². The number of likely N-dealkylation sites (N-methyl/N-ethyl adjacent to an activating group) is 1. The van der Waals surface area contributed by atoms with Gasteiger partial charge in [-0.05, 0) is 74.0 Å². The fourth-order valence-corrected chi connectivity index (χ4v) is 4.31. The number of benzene rings is 2. The summed E-state index contributed by atoms with van der Waals surface area (Å²) in [5.41, 5.74) is 5.69. The summed E-state index contributed by atoms with van der Waals surface area (Å²) in [6.07, 6.45) is 1.99. The van der Waals surface area contributed by atoms with Crippen molar-refractivity contribution < 1.29 is 9.18 Å². The molecular formula is C24H28ClFN4O. The Balaban J connectivity index is 1.71. The minimum absolute atomic E-state index is 0.00501. The van der Waals surface area contributed by atoms with Gasteiger partial charge in [0, 0.05) is 31.2 Å². The largest absolute Gasteiger partial charge is 0.304 e. The van der Waals surface area contributed by atoms with Crippen LogP contribution in [0.25, 0.3) is 5.70 Å². The Bertz CT molecular complexity index is 1000. The molecule has 0 spiro atoms. The van der Waals surface area contributed by atoms with Gasteiger partial charge in [0.1, 0.15) is 11.4 Å². The fourth-order valence-electron chi connectivity index (χ4n) is 4.19. The Hall–Kier alpha value is -2.41. The number of carbonyl (C=O) groups is 1. The molecule has 2 aromatic carbocycles. The minimum Gasteiger partial charge on any atom is -0.304 e. The number of hydrogen-bond donors (Lipinski definition) is 1. The molecular weight excluding hydrogens is 415 g/mol. The molecule has 1 saturated heterocycles. The van der Waals surface area contributed by atoms with E-state index < -0.39 is 5.54 Å². The molecule has 164 valence electrons. The maximum absolute atomic E-state index is 13.9. The Morgan fingerprint density at radius 1 is 1.10 bits per heavy atom. The van der Waals surface area contributed by atoms with E-state index in [9.17, 15) is 9.18 Å². The number of amides is 1. The van der Waals surface area contributed by atoms with E-state index in [1.165, 1.54) is 6.07 Å². The number of halogens is 2. The van der Waals surface area contributed by atoms with E-state index in [1.807, 2.05) is 43.3 Å². The molecule has 7 heteroatoms. The molecule has 2 aliphatic rings. The lowest BCUT2D eigenvalue weighted by Gasteiger charge is -2.47. The molecule has 0 radical (unpaired) electrons. The van der Waals surface area contributed by atoms with E-state index in [4.69, 9.17) is 11.6 Å². The molecule has 1 atom stereocenters. The van der Waals surface area contributed by atoms with Gasteiger partial charge in [-0.3, -0.25) is 20.1 Å². The second-order valence-electron chi connectivity index (χ2n) is 8.59. The maximum atomic E-state index is 13.9. The van der Waals surface area contributed by atoms with Crippen LogP contribution in [0.2, 0.25) is 5.02 Å². The second kappa shape index (κ2) is 8.61. The van der Waals surface area contributed by atoms with Crippen LogP contribution in [-0.4, -0.2) is 59.5 Å². The molecule has 0 bridgehead atoms. The van der Waals surface area contributed by atoms with Gasteiger partial charge >= 0.3 is 0 Å². The van der Waals surface area contributed by atoms with Crippen molar-refractivity contribution in [1.29, 1.82) is 0 Å². The predicted octanol–water partition coefficient (Wildman–Crippen LogP) is 3.68. The second-order valence-corrected chi connectivity index (χ2v) is 9.03. The van der Waals surface area contributed by atoms with Gasteiger partial charge in [-0.15, -0.1) is 0 Å². The summed E-state index contributed by atoms with van der Waals surface area (Å²) in [5.74, 6) is -0.245. The van der Waals surface area contributed by atoms with Gasteiger partial charge in [-0.25, -0.2) is 4.39 Å². The monoisotopic (exact) mass is 442 g/mol. The Morgan fingerprint density at radius 2 is 1.77 bits per heavy atom. The molecule has 0 aliphatic carbocycles. The van der Waals surface area contributed by atoms with Crippen molar-refractivity contribution in [2.45, 2.75) is 25.9 Å². The molecule has 2 heterocycles. The highest BCUT2D eigenvalue weighted by Gasteiger charge is 2.44. The van der Waals surface area contributed by atoms with Gasteiger partial charge in [0.25, 0.3) is 5.91 Å². The zero-order valence-electron chi connectivity index (χ0n) is 18.2. The van der Waals surface area contributed by atoms with E-state index in [-0.39, 0.29) is 11.7 Å². The topological polar surface area (TPSA) is 38.8 Å². The summed E-state index contributed by atoms with van der Waals surface area (Å²) in [6.45, 7) is 7.56. The summed E-state index contributed by atoms with van der Waals surface area (Å²) in [6, 6.07) is 12.5. The SMILES string of the molecule is Cc1cc(C2=CC(C)(N3CCN(C)CC3)C(=O)N(Cc3ccc(Cl)cc3)N2)ccc1F. The van der Waals surface area contributed by atoms with Crippen molar-refractivity contribution in [2.24, 2.45) is 0 Å². The summed E-state index contributed by atoms with van der Waals surface area (Å²) < 4.78 is 13.9. The van der Waals surface area contributed by atoms with Crippen molar-refractivity contribution in [3.63, 3.8) is 0 Å². The number of hydrogen-bond acceptors (Lipinski definition) is 4. The van der Waals surface area contributed by atoms with Gasteiger partial charge in [0.15, 0.2) is 0 Å². The lowest BCUT2D eigenvalue weighted by molar-refractivity contribution is -0.146. The average Bonchev–Trinajstić information content (AvgIpc) is 2.75. The van der Waals surface area contributed by atoms with Gasteiger partial charge in [0.2, 0.25) is 0 Å². The molecule has 1 N–H and O–H groups in total. The van der Waals surface area contributed by atoms with Crippen LogP contribution in [0.5, 0.6) is 0 Å². The molecule has 5 nitrogen and oxygen atoms in total. The van der Waals surface area contributed by atoms with E-state index in [0.717, 1.165) is 43.0 Å². The van der Waals surface area contributed by atoms with Crippen LogP contribution in [-0.2, 0) is 11.3 Å². The Kier molecular flexibility index (Phi) is 6.06. The summed E-state index contributed by atoms with van der Waals surface area (Å²) in [4.78, 5) is 18.2. The molecule has 4 rings (SSSR count). The minimum atomic E-state index is -0.795. The van der Waals surface area contributed by atoms with Gasteiger partial charge in [0.05, 0.1) is 12.2 Å². The van der Waals surface area contributed by atoms with Crippen molar-refractivity contribution in [1.82, 2.24) is 20.2 Å². The maximum Gasteiger partial charge on any atom is 0.265 e. The summed E-state index contributed by atoms with van der Waals surface area (Å²) >= 11 is 6.03. The number of carbonyl (C=O) groups excluding carboxylic acids is 1. The third-order valence-corrected chi connectivity index (χ3v) is 6.49. The standard InChI is InChI=1S/C24H28ClFN4O/c1-17-14-19(6-9-21(17)26)22-15-24(2,29-12-10-28(3)11-13-29)23(31)30(27-22)16-18-4-7-20(25)8-5-18/h4-9,14-15,27H,10-13,16H2,1-3H3. The summed E-state index contributed by atoms with van der Waals surface area (Å²) in [5, 5.41) is 2.32. The van der Waals surface area contributed by atoms with Crippen molar-refractivity contribution in [2.75, 3.05) is 33.2 Å². The highest BCUT2D eigenvalue weighted by atomic mass is 35.5. The first-order chi connectivity index (χ1) is 14.8. The van der Waals surface area contributed by atoms with E-state index >= 15 is 0 Å². The third-order valence-electron chi connectivity index (χ3n) is 6.24. The zero-order valence-corrected chi connectivity index (χ0v) is 18.9. The highest BCUT2D eigenvalue weighted by Crippen LogP contribution is 2.31. The van der Waals surface area contributed by atoms with Crippen molar-refractivity contribution in [3.05, 3.63) is 76.1 Å². The lowest BCUT2D eigenvalue weighted by atomic mass is 9.91. The molecule has 2 aromatic rings. The molecule has 1 amide bonds. The van der Waals surface area contributed by atoms with E-state index in [0.29, 0.717) is 17.1 Å². The van der Waals surface area contributed by atoms with Gasteiger partial charge in [-0.1, -0.05) is 23.7 Å². The lowest BCUT2D eigenvalue weighted by Crippen LogP contribution is -2.65. The molecule has 1 fully saturated rings. The average molecular weight is 443 g/mol. The first kappa shape index (κ1) is 21.8. The first-order valence-electron chi connectivity index (χ1n) is 10.5. The number of rotatable bonds is 4. The Labute approximate surface area is 188 Å². The predicted molar refractivity (Wildman–Crippen MR) is 122 cm³/mol. The highest BCUT2D eigenvalue weighted by molar-refractivity contribution is 6.30. The number of nitrogens with one attached hydrogen (secondary N) is 1. The van der Waals surface area contributed by atoms with Crippen LogP contribution in [0.15, 0.2) is 48.5 Å². The zero-order chi connectivity index (χ0) is 22.2. The molecule has 31 heavy (non-hydrogen) atoms. The van der Waals surface area contributed by atoms with Crippen LogP contribution in [0.4, 0.5) is 4.39 Å². The molecule has 1 unspecified atom stereocenters. The Morgan fingerprint density at radius 3 is 2.42 bits per heavy atom. The van der Waals surface area contributed by atoms with Gasteiger partial charge in [-0.2, -0.15) is 0 Å². The van der Waals surface area contributed by atoms with Crippen LogP contribution in [0.1, 0.15) is 23.6 Å². The van der Waals surface area contributed by atoms with E-state index in [2.05, 4.69) is 22.3 Å². The summed E-state index contributed by atoms with van der Waals surface area (Å²) in [7, 11) is 2.10. The first-order valence-corrected chi connectivity index (χ1v) is 10.9. The number of hydrazine groups is 1. The van der Waals surface area contributed by atoms with Crippen LogP contribution >= 0.6 is 11.6 Å². The molecule has 2 aliphatic heterocycles. The number of piperazine rings is 1.